The Hall–Kier alpha value is -2.61. The summed E-state index contributed by atoms with van der Waals surface area (Å²) in [4.78, 5) is 24.4. The molecule has 2 aromatic rings. The second-order valence-corrected chi connectivity index (χ2v) is 6.02. The molecule has 0 radical (unpaired) electrons. The van der Waals surface area contributed by atoms with Crippen molar-refractivity contribution in [1.82, 2.24) is 5.43 Å². The standard InChI is InChI=1S/C16H15F2N3O2S/c1-10(20-21-16(23)9-12-3-2-6-24-12)7-15(22)19-14-5-4-11(17)8-13(14)18/h2-6,8H,7,9H2,1H3,(H,19,22)(H,21,23). The molecule has 1 aromatic heterocycles. The van der Waals surface area contributed by atoms with Gasteiger partial charge in [0.05, 0.1) is 18.5 Å². The number of thiophene rings is 1. The minimum Gasteiger partial charge on any atom is -0.323 e. The molecular formula is C16H15F2N3O2S. The number of carbonyl (C=O) groups is 2. The topological polar surface area (TPSA) is 70.6 Å². The predicted molar refractivity (Wildman–Crippen MR) is 88.9 cm³/mol. The summed E-state index contributed by atoms with van der Waals surface area (Å²) in [6.45, 7) is 1.56. The molecule has 0 atom stereocenters. The maximum Gasteiger partial charge on any atom is 0.245 e. The number of hydrogen-bond acceptors (Lipinski definition) is 4. The Balaban J connectivity index is 1.83. The van der Waals surface area contributed by atoms with Crippen molar-refractivity contribution in [3.05, 3.63) is 52.2 Å². The third-order valence-corrected chi connectivity index (χ3v) is 3.78. The van der Waals surface area contributed by atoms with Crippen LogP contribution in [0.1, 0.15) is 18.2 Å². The van der Waals surface area contributed by atoms with Gasteiger partial charge >= 0.3 is 0 Å². The van der Waals surface area contributed by atoms with Crippen LogP contribution in [0.3, 0.4) is 0 Å². The first-order valence-electron chi connectivity index (χ1n) is 7.03. The fraction of sp³-hybridized carbons (Fsp3) is 0.188. The molecule has 0 bridgehead atoms. The minimum atomic E-state index is -0.859. The van der Waals surface area contributed by atoms with Crippen molar-refractivity contribution in [3.8, 4) is 0 Å². The molecule has 0 saturated heterocycles. The van der Waals surface area contributed by atoms with Crippen LogP contribution in [0.25, 0.3) is 0 Å². The maximum atomic E-state index is 13.4. The number of hydrazone groups is 1. The Labute approximate surface area is 141 Å². The zero-order chi connectivity index (χ0) is 17.5. The van der Waals surface area contributed by atoms with E-state index in [0.717, 1.165) is 17.0 Å². The van der Waals surface area contributed by atoms with Crippen molar-refractivity contribution in [2.45, 2.75) is 19.8 Å². The summed E-state index contributed by atoms with van der Waals surface area (Å²) in [5.41, 5.74) is 2.60. The van der Waals surface area contributed by atoms with Crippen LogP contribution in [0.2, 0.25) is 0 Å². The molecule has 8 heteroatoms. The van der Waals surface area contributed by atoms with Gasteiger partial charge in [-0.25, -0.2) is 14.2 Å². The number of nitrogens with zero attached hydrogens (tertiary/aromatic N) is 1. The van der Waals surface area contributed by atoms with Crippen LogP contribution in [-0.2, 0) is 16.0 Å². The number of carbonyl (C=O) groups excluding carboxylic acids is 2. The van der Waals surface area contributed by atoms with Crippen LogP contribution in [0.15, 0.2) is 40.8 Å². The van der Waals surface area contributed by atoms with E-state index in [1.54, 1.807) is 6.92 Å². The summed E-state index contributed by atoms with van der Waals surface area (Å²) in [5, 5.41) is 8.02. The number of nitrogens with one attached hydrogen (secondary N) is 2. The first kappa shape index (κ1) is 17.7. The third kappa shape index (κ3) is 5.54. The Kier molecular flexibility index (Phi) is 6.14. The van der Waals surface area contributed by atoms with Crippen molar-refractivity contribution in [1.29, 1.82) is 0 Å². The summed E-state index contributed by atoms with van der Waals surface area (Å²) in [6.07, 6.45) is 0.0809. The summed E-state index contributed by atoms with van der Waals surface area (Å²) in [6, 6.07) is 6.55. The van der Waals surface area contributed by atoms with Crippen LogP contribution >= 0.6 is 11.3 Å². The van der Waals surface area contributed by atoms with Crippen molar-refractivity contribution in [3.63, 3.8) is 0 Å². The highest BCUT2D eigenvalue weighted by molar-refractivity contribution is 7.10. The van der Waals surface area contributed by atoms with Gasteiger partial charge in [-0.2, -0.15) is 5.10 Å². The molecule has 1 heterocycles. The first-order valence-corrected chi connectivity index (χ1v) is 7.91. The lowest BCUT2D eigenvalue weighted by Crippen LogP contribution is -2.22. The van der Waals surface area contributed by atoms with Gasteiger partial charge < -0.3 is 5.32 Å². The Morgan fingerprint density at radius 2 is 2.00 bits per heavy atom. The zero-order valence-corrected chi connectivity index (χ0v) is 13.6. The van der Waals surface area contributed by atoms with Crippen molar-refractivity contribution < 1.29 is 18.4 Å². The maximum absolute atomic E-state index is 13.4. The molecule has 0 aliphatic heterocycles. The normalized spacial score (nSPS) is 11.2. The number of benzene rings is 1. The molecule has 126 valence electrons. The van der Waals surface area contributed by atoms with Crippen LogP contribution in [0.5, 0.6) is 0 Å². The Bertz CT molecular complexity index is 761. The lowest BCUT2D eigenvalue weighted by Gasteiger charge is -2.06. The minimum absolute atomic E-state index is 0.115. The fourth-order valence-electron chi connectivity index (χ4n) is 1.83. The monoisotopic (exact) mass is 351 g/mol. The smallest absolute Gasteiger partial charge is 0.245 e. The Morgan fingerprint density at radius 3 is 2.67 bits per heavy atom. The van der Waals surface area contributed by atoms with Gasteiger partial charge in [0.2, 0.25) is 11.8 Å². The molecule has 2 amide bonds. The molecule has 0 spiro atoms. The van der Waals surface area contributed by atoms with Gasteiger partial charge in [0, 0.05) is 16.7 Å². The predicted octanol–water partition coefficient (Wildman–Crippen LogP) is 3.09. The summed E-state index contributed by atoms with van der Waals surface area (Å²) in [5.74, 6) is -2.39. The molecule has 2 N–H and O–H groups in total. The van der Waals surface area contributed by atoms with E-state index in [1.165, 1.54) is 11.3 Å². The van der Waals surface area contributed by atoms with Gasteiger partial charge in [-0.3, -0.25) is 9.59 Å². The van der Waals surface area contributed by atoms with Crippen LogP contribution < -0.4 is 10.7 Å². The van der Waals surface area contributed by atoms with Gasteiger partial charge in [0.1, 0.15) is 11.6 Å². The van der Waals surface area contributed by atoms with E-state index in [0.29, 0.717) is 11.8 Å². The highest BCUT2D eigenvalue weighted by Gasteiger charge is 2.10. The average molecular weight is 351 g/mol. The molecule has 1 aromatic carbocycles. The van der Waals surface area contributed by atoms with Gasteiger partial charge in [0.15, 0.2) is 0 Å². The number of rotatable bonds is 6. The van der Waals surface area contributed by atoms with E-state index in [9.17, 15) is 18.4 Å². The van der Waals surface area contributed by atoms with Crippen LogP contribution in [-0.4, -0.2) is 17.5 Å². The lowest BCUT2D eigenvalue weighted by molar-refractivity contribution is -0.120. The van der Waals surface area contributed by atoms with E-state index >= 15 is 0 Å². The van der Waals surface area contributed by atoms with Crippen LogP contribution in [0, 0.1) is 11.6 Å². The van der Waals surface area contributed by atoms with Crippen LogP contribution in [0.4, 0.5) is 14.5 Å². The summed E-state index contributed by atoms with van der Waals surface area (Å²) >= 11 is 1.46. The summed E-state index contributed by atoms with van der Waals surface area (Å²) in [7, 11) is 0. The largest absolute Gasteiger partial charge is 0.323 e. The fourth-order valence-corrected chi connectivity index (χ4v) is 2.53. The second-order valence-electron chi connectivity index (χ2n) is 4.99. The van der Waals surface area contributed by atoms with Crippen molar-refractivity contribution >= 4 is 34.6 Å². The van der Waals surface area contributed by atoms with Crippen molar-refractivity contribution in [2.24, 2.45) is 5.10 Å². The van der Waals surface area contributed by atoms with E-state index in [-0.39, 0.29) is 24.4 Å². The third-order valence-electron chi connectivity index (χ3n) is 2.91. The number of anilines is 1. The average Bonchev–Trinajstić information content (AvgIpc) is 3.01. The number of amides is 2. The molecule has 24 heavy (non-hydrogen) atoms. The van der Waals surface area contributed by atoms with E-state index in [2.05, 4.69) is 15.8 Å². The van der Waals surface area contributed by atoms with E-state index in [1.807, 2.05) is 17.5 Å². The molecule has 0 fully saturated rings. The number of hydrogen-bond donors (Lipinski definition) is 2. The van der Waals surface area contributed by atoms with Crippen molar-refractivity contribution in [2.75, 3.05) is 5.32 Å². The molecular weight excluding hydrogens is 336 g/mol. The van der Waals surface area contributed by atoms with Gasteiger partial charge in [0.25, 0.3) is 0 Å². The van der Waals surface area contributed by atoms with Gasteiger partial charge in [-0.15, -0.1) is 11.3 Å². The van der Waals surface area contributed by atoms with Gasteiger partial charge in [-0.1, -0.05) is 6.07 Å². The SMILES string of the molecule is CC(CC(=O)Nc1ccc(F)cc1F)=NNC(=O)Cc1cccs1. The Morgan fingerprint density at radius 1 is 1.21 bits per heavy atom. The van der Waals surface area contributed by atoms with E-state index in [4.69, 9.17) is 0 Å². The lowest BCUT2D eigenvalue weighted by atomic mass is 10.2. The number of halogens is 2. The quantitative estimate of drug-likeness (QED) is 0.620. The highest BCUT2D eigenvalue weighted by Crippen LogP contribution is 2.15. The zero-order valence-electron chi connectivity index (χ0n) is 12.8. The summed E-state index contributed by atoms with van der Waals surface area (Å²) < 4.78 is 26.2. The molecule has 0 aliphatic carbocycles. The molecule has 5 nitrogen and oxygen atoms in total. The highest BCUT2D eigenvalue weighted by atomic mass is 32.1. The van der Waals surface area contributed by atoms with Gasteiger partial charge in [-0.05, 0) is 30.5 Å². The molecule has 0 unspecified atom stereocenters. The molecule has 2 rings (SSSR count). The molecule has 0 aliphatic rings. The molecule has 0 saturated carbocycles. The second kappa shape index (κ2) is 8.30. The van der Waals surface area contributed by atoms with E-state index < -0.39 is 17.5 Å². The first-order chi connectivity index (χ1) is 11.4.